The lowest BCUT2D eigenvalue weighted by atomic mass is 10.0. The molecule has 0 heterocycles. The van der Waals surface area contributed by atoms with Gasteiger partial charge in [0, 0.05) is 0 Å². The van der Waals surface area contributed by atoms with Gasteiger partial charge in [-0.15, -0.1) is 0 Å². The maximum atomic E-state index is 9.49. The summed E-state index contributed by atoms with van der Waals surface area (Å²) < 4.78 is 0. The van der Waals surface area contributed by atoms with Crippen LogP contribution in [0.5, 0.6) is 0 Å². The summed E-state index contributed by atoms with van der Waals surface area (Å²) in [4.78, 5) is 0. The SMILES string of the molecule is CCCCCCCCC(O)[C](C)C. The summed E-state index contributed by atoms with van der Waals surface area (Å²) in [5.74, 6) is 1.15. The lowest BCUT2D eigenvalue weighted by molar-refractivity contribution is 0.174. The molecule has 1 unspecified atom stereocenters. The molecule has 0 fully saturated rings. The average molecular weight is 185 g/mol. The second-order valence-corrected chi connectivity index (χ2v) is 4.15. The molecule has 0 aromatic heterocycles. The van der Waals surface area contributed by atoms with Crippen molar-refractivity contribution in [3.8, 4) is 0 Å². The molecule has 79 valence electrons. The van der Waals surface area contributed by atoms with Crippen molar-refractivity contribution in [1.82, 2.24) is 0 Å². The first-order chi connectivity index (χ1) is 6.18. The Morgan fingerprint density at radius 2 is 1.54 bits per heavy atom. The van der Waals surface area contributed by atoms with E-state index in [2.05, 4.69) is 6.92 Å². The molecule has 0 bridgehead atoms. The molecule has 0 aliphatic carbocycles. The molecule has 1 N–H and O–H groups in total. The normalized spacial score (nSPS) is 13.6. The molecule has 0 aromatic carbocycles. The summed E-state index contributed by atoms with van der Waals surface area (Å²) in [6, 6.07) is 0. The average Bonchev–Trinajstić information content (AvgIpc) is 2.10. The highest BCUT2D eigenvalue weighted by Crippen LogP contribution is 2.13. The van der Waals surface area contributed by atoms with Gasteiger partial charge in [0.05, 0.1) is 6.10 Å². The highest BCUT2D eigenvalue weighted by atomic mass is 16.3. The van der Waals surface area contributed by atoms with Crippen molar-refractivity contribution < 1.29 is 5.11 Å². The number of rotatable bonds is 8. The number of aliphatic hydroxyl groups is 1. The smallest absolute Gasteiger partial charge is 0.0597 e. The predicted molar refractivity (Wildman–Crippen MR) is 58.6 cm³/mol. The molecule has 0 saturated carbocycles. The molecule has 1 atom stereocenters. The van der Waals surface area contributed by atoms with E-state index in [9.17, 15) is 5.11 Å². The first-order valence-corrected chi connectivity index (χ1v) is 5.66. The Balaban J connectivity index is 3.07. The summed E-state index contributed by atoms with van der Waals surface area (Å²) in [5, 5.41) is 9.49. The third kappa shape index (κ3) is 8.29. The van der Waals surface area contributed by atoms with E-state index >= 15 is 0 Å². The Labute approximate surface area is 83.5 Å². The Morgan fingerprint density at radius 3 is 2.08 bits per heavy atom. The molecular weight excluding hydrogens is 160 g/mol. The molecule has 0 aromatic rings. The highest BCUT2D eigenvalue weighted by molar-refractivity contribution is 4.86. The summed E-state index contributed by atoms with van der Waals surface area (Å²) in [5.41, 5.74) is 0. The van der Waals surface area contributed by atoms with Gasteiger partial charge < -0.3 is 5.11 Å². The van der Waals surface area contributed by atoms with E-state index in [1.807, 2.05) is 13.8 Å². The zero-order chi connectivity index (χ0) is 10.1. The fourth-order valence-corrected chi connectivity index (χ4v) is 1.41. The molecule has 0 aliphatic heterocycles. The van der Waals surface area contributed by atoms with Gasteiger partial charge in [-0.2, -0.15) is 0 Å². The zero-order valence-electron chi connectivity index (χ0n) is 9.47. The highest BCUT2D eigenvalue weighted by Gasteiger charge is 2.07. The van der Waals surface area contributed by atoms with Gasteiger partial charge in [0.15, 0.2) is 0 Å². The minimum atomic E-state index is -0.161. The molecule has 1 nitrogen and oxygen atoms in total. The topological polar surface area (TPSA) is 20.2 Å². The zero-order valence-corrected chi connectivity index (χ0v) is 9.47. The van der Waals surface area contributed by atoms with E-state index in [1.54, 1.807) is 0 Å². The van der Waals surface area contributed by atoms with Gasteiger partial charge in [-0.1, -0.05) is 59.3 Å². The van der Waals surface area contributed by atoms with Crippen LogP contribution in [-0.2, 0) is 0 Å². The fraction of sp³-hybridized carbons (Fsp3) is 0.917. The lowest BCUT2D eigenvalue weighted by Crippen LogP contribution is -2.12. The van der Waals surface area contributed by atoms with Gasteiger partial charge in [-0.3, -0.25) is 0 Å². The van der Waals surface area contributed by atoms with E-state index in [4.69, 9.17) is 0 Å². The number of aliphatic hydroxyl groups excluding tert-OH is 1. The van der Waals surface area contributed by atoms with Gasteiger partial charge in [0.25, 0.3) is 0 Å². The Hall–Kier alpha value is -0.0400. The van der Waals surface area contributed by atoms with E-state index in [0.29, 0.717) is 0 Å². The summed E-state index contributed by atoms with van der Waals surface area (Å²) in [6.07, 6.45) is 8.62. The number of hydrogen-bond donors (Lipinski definition) is 1. The molecule has 0 amide bonds. The Bertz CT molecular complexity index is 99.3. The van der Waals surface area contributed by atoms with E-state index in [1.165, 1.54) is 38.5 Å². The molecule has 0 aliphatic rings. The van der Waals surface area contributed by atoms with Crippen LogP contribution in [-0.4, -0.2) is 11.2 Å². The van der Waals surface area contributed by atoms with Crippen LogP contribution in [0.25, 0.3) is 0 Å². The van der Waals surface area contributed by atoms with Crippen molar-refractivity contribution in [3.05, 3.63) is 5.92 Å². The van der Waals surface area contributed by atoms with Crippen LogP contribution >= 0.6 is 0 Å². The van der Waals surface area contributed by atoms with Crippen LogP contribution < -0.4 is 0 Å². The third-order valence-electron chi connectivity index (χ3n) is 2.50. The second-order valence-electron chi connectivity index (χ2n) is 4.15. The molecule has 1 radical (unpaired) electrons. The molecule has 0 saturated heterocycles. The van der Waals surface area contributed by atoms with Gasteiger partial charge in [0.2, 0.25) is 0 Å². The quantitative estimate of drug-likeness (QED) is 0.571. The van der Waals surface area contributed by atoms with Gasteiger partial charge in [-0.25, -0.2) is 0 Å². The van der Waals surface area contributed by atoms with Crippen molar-refractivity contribution in [2.24, 2.45) is 0 Å². The van der Waals surface area contributed by atoms with Gasteiger partial charge >= 0.3 is 0 Å². The third-order valence-corrected chi connectivity index (χ3v) is 2.50. The monoisotopic (exact) mass is 185 g/mol. The van der Waals surface area contributed by atoms with E-state index in [-0.39, 0.29) is 6.10 Å². The van der Waals surface area contributed by atoms with Crippen LogP contribution in [0.2, 0.25) is 0 Å². The number of hydrogen-bond acceptors (Lipinski definition) is 1. The minimum Gasteiger partial charge on any atom is -0.393 e. The van der Waals surface area contributed by atoms with Crippen LogP contribution in [0, 0.1) is 5.92 Å². The van der Waals surface area contributed by atoms with Crippen LogP contribution in [0.4, 0.5) is 0 Å². The fourth-order valence-electron chi connectivity index (χ4n) is 1.41. The molecule has 0 spiro atoms. The first-order valence-electron chi connectivity index (χ1n) is 5.66. The Kier molecular flexibility index (Phi) is 8.53. The van der Waals surface area contributed by atoms with Crippen LogP contribution in [0.15, 0.2) is 0 Å². The van der Waals surface area contributed by atoms with Crippen molar-refractivity contribution in [2.45, 2.75) is 71.8 Å². The minimum absolute atomic E-state index is 0.161. The predicted octanol–water partition coefficient (Wildman–Crippen LogP) is 3.71. The van der Waals surface area contributed by atoms with E-state index < -0.39 is 0 Å². The van der Waals surface area contributed by atoms with Gasteiger partial charge in [0.1, 0.15) is 0 Å². The second kappa shape index (κ2) is 8.55. The molecular formula is C12H25O. The molecule has 13 heavy (non-hydrogen) atoms. The van der Waals surface area contributed by atoms with Gasteiger partial charge in [-0.05, 0) is 12.3 Å². The summed E-state index contributed by atoms with van der Waals surface area (Å²) in [7, 11) is 0. The summed E-state index contributed by atoms with van der Waals surface area (Å²) >= 11 is 0. The van der Waals surface area contributed by atoms with Crippen molar-refractivity contribution in [2.75, 3.05) is 0 Å². The van der Waals surface area contributed by atoms with Crippen molar-refractivity contribution >= 4 is 0 Å². The molecule has 1 heteroatoms. The van der Waals surface area contributed by atoms with Crippen molar-refractivity contribution in [3.63, 3.8) is 0 Å². The maximum absolute atomic E-state index is 9.49. The number of unbranched alkanes of at least 4 members (excludes halogenated alkanes) is 5. The van der Waals surface area contributed by atoms with Crippen LogP contribution in [0.1, 0.15) is 65.7 Å². The van der Waals surface area contributed by atoms with Crippen LogP contribution in [0.3, 0.4) is 0 Å². The standard InChI is InChI=1S/C12H25O/c1-4-5-6-7-8-9-10-12(13)11(2)3/h12-13H,4-10H2,1-3H3. The Morgan fingerprint density at radius 1 is 1.00 bits per heavy atom. The molecule has 0 rings (SSSR count). The van der Waals surface area contributed by atoms with Crippen molar-refractivity contribution in [1.29, 1.82) is 0 Å². The lowest BCUT2D eigenvalue weighted by Gasteiger charge is -2.12. The van der Waals surface area contributed by atoms with E-state index in [0.717, 1.165) is 12.3 Å². The first kappa shape index (κ1) is 13.0. The maximum Gasteiger partial charge on any atom is 0.0597 e. The summed E-state index contributed by atoms with van der Waals surface area (Å²) in [6.45, 7) is 6.24. The largest absolute Gasteiger partial charge is 0.393 e.